The minimum Gasteiger partial charge on any atom is -0.445 e. The number of guanidine groups is 1. The fraction of sp³-hybridized carbons (Fsp3) is 0.524. The molecular weight excluding hydrogens is 432 g/mol. The number of rotatable bonds is 8. The third-order valence-electron chi connectivity index (χ3n) is 5.23. The summed E-state index contributed by atoms with van der Waals surface area (Å²) in [6.45, 7) is 3.14. The molecule has 12 nitrogen and oxygen atoms in total. The van der Waals surface area contributed by atoms with E-state index in [2.05, 4.69) is 16.0 Å². The number of aliphatic hydroxyl groups excluding tert-OH is 2. The molecule has 182 valence electrons. The van der Waals surface area contributed by atoms with Crippen LogP contribution in [-0.4, -0.2) is 76.0 Å². The van der Waals surface area contributed by atoms with Gasteiger partial charge < -0.3 is 41.5 Å². The van der Waals surface area contributed by atoms with Gasteiger partial charge in [0.05, 0.1) is 12.1 Å². The third kappa shape index (κ3) is 7.61. The van der Waals surface area contributed by atoms with Crippen molar-refractivity contribution in [2.75, 3.05) is 6.54 Å². The summed E-state index contributed by atoms with van der Waals surface area (Å²) in [6.07, 6.45) is -2.22. The molecule has 2 unspecified atom stereocenters. The van der Waals surface area contributed by atoms with Crippen LogP contribution < -0.4 is 21.7 Å². The minimum atomic E-state index is -1.35. The summed E-state index contributed by atoms with van der Waals surface area (Å²) in [6, 6.07) is 5.89. The van der Waals surface area contributed by atoms with E-state index >= 15 is 0 Å². The van der Waals surface area contributed by atoms with Crippen LogP contribution >= 0.6 is 0 Å². The normalized spacial score (nSPS) is 20.7. The number of nitrogens with two attached hydrogens (primary N) is 1. The van der Waals surface area contributed by atoms with Crippen molar-refractivity contribution in [2.45, 2.75) is 63.8 Å². The number of likely N-dealkylation sites (tertiary alicyclic amines) is 1. The van der Waals surface area contributed by atoms with Gasteiger partial charge in [-0.3, -0.25) is 15.0 Å². The van der Waals surface area contributed by atoms with E-state index in [-0.39, 0.29) is 12.6 Å². The van der Waals surface area contributed by atoms with Gasteiger partial charge in [0.1, 0.15) is 24.9 Å². The van der Waals surface area contributed by atoms with Gasteiger partial charge in [-0.2, -0.15) is 0 Å². The highest BCUT2D eigenvalue weighted by Crippen LogP contribution is 2.15. The summed E-state index contributed by atoms with van der Waals surface area (Å²) >= 11 is 0. The number of carbonyl (C=O) groups is 3. The van der Waals surface area contributed by atoms with E-state index in [0.29, 0.717) is 19.4 Å². The Kier molecular flexibility index (Phi) is 9.43. The molecule has 0 radical (unpaired) electrons. The van der Waals surface area contributed by atoms with Crippen LogP contribution in [0, 0.1) is 5.41 Å². The Morgan fingerprint density at radius 2 is 1.88 bits per heavy atom. The van der Waals surface area contributed by atoms with Gasteiger partial charge in [0.2, 0.25) is 11.8 Å². The molecule has 5 atom stereocenters. The molecule has 1 aliphatic rings. The van der Waals surface area contributed by atoms with Crippen LogP contribution in [0.3, 0.4) is 0 Å². The van der Waals surface area contributed by atoms with E-state index < -0.39 is 48.4 Å². The van der Waals surface area contributed by atoms with Crippen LogP contribution in [-0.2, 0) is 20.9 Å². The lowest BCUT2D eigenvalue weighted by Crippen LogP contribution is -2.61. The molecule has 1 aliphatic heterocycles. The molecule has 12 heteroatoms. The molecule has 3 amide bonds. The second kappa shape index (κ2) is 12.0. The molecule has 33 heavy (non-hydrogen) atoms. The number of hydrogen-bond acceptors (Lipinski definition) is 7. The van der Waals surface area contributed by atoms with Crippen molar-refractivity contribution in [3.05, 3.63) is 35.9 Å². The summed E-state index contributed by atoms with van der Waals surface area (Å²) in [5.41, 5.74) is 6.20. The van der Waals surface area contributed by atoms with E-state index in [1.807, 2.05) is 6.07 Å². The number of alkyl carbamates (subject to hydrolysis) is 1. The maximum absolute atomic E-state index is 12.6. The predicted octanol–water partition coefficient (Wildman–Crippen LogP) is -1.04. The first kappa shape index (κ1) is 25.9. The van der Waals surface area contributed by atoms with Gasteiger partial charge in [-0.25, -0.2) is 4.79 Å². The number of ether oxygens (including phenoxy) is 1. The lowest BCUT2D eigenvalue weighted by molar-refractivity contribution is -0.132. The predicted molar refractivity (Wildman–Crippen MR) is 119 cm³/mol. The topological polar surface area (TPSA) is 190 Å². The summed E-state index contributed by atoms with van der Waals surface area (Å²) < 4.78 is 5.07. The van der Waals surface area contributed by atoms with Crippen LogP contribution in [0.5, 0.6) is 0 Å². The quantitative estimate of drug-likeness (QED) is 0.187. The summed E-state index contributed by atoms with van der Waals surface area (Å²) in [4.78, 5) is 38.5. The van der Waals surface area contributed by atoms with Crippen molar-refractivity contribution in [1.82, 2.24) is 20.9 Å². The highest BCUT2D eigenvalue weighted by molar-refractivity contribution is 5.91. The van der Waals surface area contributed by atoms with Crippen LogP contribution in [0.4, 0.5) is 4.79 Å². The van der Waals surface area contributed by atoms with Crippen molar-refractivity contribution in [3.63, 3.8) is 0 Å². The smallest absolute Gasteiger partial charge is 0.408 e. The molecule has 1 aromatic rings. The third-order valence-corrected chi connectivity index (χ3v) is 5.23. The molecule has 0 saturated carbocycles. The average Bonchev–Trinajstić information content (AvgIpc) is 2.77. The summed E-state index contributed by atoms with van der Waals surface area (Å²) in [5, 5.41) is 35.1. The van der Waals surface area contributed by atoms with E-state index in [0.717, 1.165) is 5.56 Å². The highest BCUT2D eigenvalue weighted by atomic mass is 16.5. The molecular formula is C21H32N6O6. The summed E-state index contributed by atoms with van der Waals surface area (Å²) in [7, 11) is 0. The largest absolute Gasteiger partial charge is 0.445 e. The SMILES string of the molecule is CC(O)[C@@H](NC(=O)OCc1ccccc1)C(=O)N[C@@H](C)C(=O)N[C@H]1CCCN(C(=N)N)C1O. The number of hydrogen-bond donors (Lipinski definition) is 7. The van der Waals surface area contributed by atoms with Crippen molar-refractivity contribution >= 4 is 23.9 Å². The average molecular weight is 465 g/mol. The maximum Gasteiger partial charge on any atom is 0.408 e. The molecule has 0 aliphatic carbocycles. The van der Waals surface area contributed by atoms with Crippen LogP contribution in [0.25, 0.3) is 0 Å². The van der Waals surface area contributed by atoms with E-state index in [1.54, 1.807) is 24.3 Å². The fourth-order valence-corrected chi connectivity index (χ4v) is 3.36. The standard InChI is InChI=1S/C21H32N6O6/c1-12(17(29)25-15-9-6-10-27(19(15)31)20(22)23)24-18(30)16(13(2)28)26-21(32)33-11-14-7-4-3-5-8-14/h3-5,7-8,12-13,15-16,19,28,31H,6,9-11H2,1-2H3,(H3,22,23)(H,24,30)(H,25,29)(H,26,32)/t12-,13?,15-,16+,19?/m0/s1. The van der Waals surface area contributed by atoms with Crippen molar-refractivity contribution < 1.29 is 29.3 Å². The Balaban J connectivity index is 1.88. The Morgan fingerprint density at radius 1 is 1.21 bits per heavy atom. The van der Waals surface area contributed by atoms with Gasteiger partial charge in [-0.05, 0) is 32.3 Å². The maximum atomic E-state index is 12.6. The number of nitrogens with zero attached hydrogens (tertiary/aromatic N) is 1. The zero-order chi connectivity index (χ0) is 24.5. The van der Waals surface area contributed by atoms with Gasteiger partial charge in [-0.1, -0.05) is 30.3 Å². The molecule has 2 rings (SSSR count). The van der Waals surface area contributed by atoms with Gasteiger partial charge >= 0.3 is 6.09 Å². The molecule has 1 aromatic carbocycles. The molecule has 0 aromatic heterocycles. The Hall–Kier alpha value is -3.38. The first-order valence-electron chi connectivity index (χ1n) is 10.6. The highest BCUT2D eigenvalue weighted by Gasteiger charge is 2.34. The molecule has 1 saturated heterocycles. The first-order chi connectivity index (χ1) is 15.6. The zero-order valence-electron chi connectivity index (χ0n) is 18.7. The monoisotopic (exact) mass is 464 g/mol. The number of nitrogens with one attached hydrogen (secondary N) is 4. The van der Waals surface area contributed by atoms with Crippen molar-refractivity contribution in [1.29, 1.82) is 5.41 Å². The lowest BCUT2D eigenvalue weighted by Gasteiger charge is -2.38. The zero-order valence-corrected chi connectivity index (χ0v) is 18.7. The molecule has 8 N–H and O–H groups in total. The Morgan fingerprint density at radius 3 is 2.48 bits per heavy atom. The number of piperidine rings is 1. The number of aliphatic hydroxyl groups is 2. The molecule has 1 fully saturated rings. The second-order valence-electron chi connectivity index (χ2n) is 7.90. The van der Waals surface area contributed by atoms with Crippen LogP contribution in [0.1, 0.15) is 32.3 Å². The summed E-state index contributed by atoms with van der Waals surface area (Å²) in [5.74, 6) is -1.65. The molecule has 0 spiro atoms. The number of benzene rings is 1. The fourth-order valence-electron chi connectivity index (χ4n) is 3.36. The lowest BCUT2D eigenvalue weighted by atomic mass is 10.0. The van der Waals surface area contributed by atoms with Crippen LogP contribution in [0.15, 0.2) is 30.3 Å². The number of amides is 3. The first-order valence-corrected chi connectivity index (χ1v) is 10.6. The van der Waals surface area contributed by atoms with Crippen molar-refractivity contribution in [2.24, 2.45) is 5.73 Å². The van der Waals surface area contributed by atoms with Gasteiger partial charge in [-0.15, -0.1) is 0 Å². The number of carbonyl (C=O) groups excluding carboxylic acids is 3. The van der Waals surface area contributed by atoms with Crippen molar-refractivity contribution in [3.8, 4) is 0 Å². The molecule has 0 bridgehead atoms. The minimum absolute atomic E-state index is 0.0133. The van der Waals surface area contributed by atoms with Gasteiger partial charge in [0.25, 0.3) is 0 Å². The van der Waals surface area contributed by atoms with Gasteiger partial charge in [0, 0.05) is 6.54 Å². The molecule has 1 heterocycles. The Bertz CT molecular complexity index is 836. The van der Waals surface area contributed by atoms with E-state index in [4.69, 9.17) is 15.9 Å². The van der Waals surface area contributed by atoms with Crippen LogP contribution in [0.2, 0.25) is 0 Å². The van der Waals surface area contributed by atoms with E-state index in [9.17, 15) is 24.6 Å². The van der Waals surface area contributed by atoms with E-state index in [1.165, 1.54) is 18.7 Å². The Labute approximate surface area is 192 Å². The second-order valence-corrected chi connectivity index (χ2v) is 7.90. The van der Waals surface area contributed by atoms with Gasteiger partial charge in [0.15, 0.2) is 5.96 Å².